The van der Waals surface area contributed by atoms with Gasteiger partial charge in [-0.3, -0.25) is 9.88 Å². The lowest BCUT2D eigenvalue weighted by Gasteiger charge is -2.31. The Balaban J connectivity index is 1.54. The van der Waals surface area contributed by atoms with Crippen LogP contribution in [0.15, 0.2) is 42.7 Å². The molecule has 0 aliphatic carbocycles. The van der Waals surface area contributed by atoms with E-state index in [2.05, 4.69) is 20.9 Å². The third-order valence-electron chi connectivity index (χ3n) is 4.55. The van der Waals surface area contributed by atoms with Gasteiger partial charge in [0.05, 0.1) is 0 Å². The number of hydrogen-bond acceptors (Lipinski definition) is 4. The van der Waals surface area contributed by atoms with Crippen LogP contribution in [-0.2, 0) is 6.54 Å². The first kappa shape index (κ1) is 19.5. The number of allylic oxidation sites excluding steroid dienone is 1. The van der Waals surface area contributed by atoms with E-state index in [-0.39, 0.29) is 11.4 Å². The summed E-state index contributed by atoms with van der Waals surface area (Å²) < 4.78 is 19.2. The molecule has 0 N–H and O–H groups in total. The summed E-state index contributed by atoms with van der Waals surface area (Å²) in [6.45, 7) is 8.80. The number of aromatic nitrogens is 2. The molecule has 2 aromatic rings. The fourth-order valence-electron chi connectivity index (χ4n) is 3.21. The molecule has 0 bridgehead atoms. The smallest absolute Gasteiger partial charge is 0.237 e. The van der Waals surface area contributed by atoms with Crippen molar-refractivity contribution in [2.45, 2.75) is 45.8 Å². The molecule has 2 heterocycles. The number of piperidine rings is 1. The molecule has 1 aromatic carbocycles. The number of benzene rings is 1. The second-order valence-corrected chi connectivity index (χ2v) is 8.05. The van der Waals surface area contributed by atoms with Crippen molar-refractivity contribution in [1.82, 2.24) is 14.9 Å². The highest BCUT2D eigenvalue weighted by molar-refractivity contribution is 5.49. The van der Waals surface area contributed by atoms with E-state index >= 15 is 0 Å². The van der Waals surface area contributed by atoms with Crippen molar-refractivity contribution in [2.24, 2.45) is 5.92 Å². The summed E-state index contributed by atoms with van der Waals surface area (Å²) in [6, 6.07) is 6.71. The van der Waals surface area contributed by atoms with Crippen molar-refractivity contribution >= 4 is 6.08 Å². The van der Waals surface area contributed by atoms with Gasteiger partial charge in [0, 0.05) is 18.9 Å². The fourth-order valence-corrected chi connectivity index (χ4v) is 3.21. The maximum absolute atomic E-state index is 13.3. The molecule has 1 fully saturated rings. The second-order valence-electron chi connectivity index (χ2n) is 8.05. The van der Waals surface area contributed by atoms with Gasteiger partial charge in [-0.05, 0) is 70.3 Å². The Bertz CT molecular complexity index is 777. The molecular formula is C22H28FN3O. The highest BCUT2D eigenvalue weighted by atomic mass is 19.1. The molecule has 1 aliphatic heterocycles. The van der Waals surface area contributed by atoms with E-state index < -0.39 is 0 Å². The molecular weight excluding hydrogens is 341 g/mol. The van der Waals surface area contributed by atoms with Gasteiger partial charge in [-0.25, -0.2) is 9.37 Å². The highest BCUT2D eigenvalue weighted by Crippen LogP contribution is 2.24. The van der Waals surface area contributed by atoms with Crippen LogP contribution in [0.3, 0.4) is 0 Å². The van der Waals surface area contributed by atoms with Crippen LogP contribution < -0.4 is 4.74 Å². The zero-order valence-corrected chi connectivity index (χ0v) is 16.4. The number of likely N-dealkylation sites (tertiary alicyclic amines) is 1. The van der Waals surface area contributed by atoms with Crippen molar-refractivity contribution in [3.05, 3.63) is 59.8 Å². The van der Waals surface area contributed by atoms with Crippen LogP contribution in [0.5, 0.6) is 5.88 Å². The highest BCUT2D eigenvalue weighted by Gasteiger charge is 2.21. The van der Waals surface area contributed by atoms with Crippen molar-refractivity contribution in [3.63, 3.8) is 0 Å². The van der Waals surface area contributed by atoms with Crippen molar-refractivity contribution < 1.29 is 9.13 Å². The third-order valence-corrected chi connectivity index (χ3v) is 4.55. The SMILES string of the molecule is CC(C)(C)Oc1nccnc1CN1CCC(/C=C/c2cccc(F)c2)CC1. The molecule has 0 unspecified atom stereocenters. The van der Waals surface area contributed by atoms with Crippen molar-refractivity contribution in [2.75, 3.05) is 13.1 Å². The number of rotatable bonds is 5. The minimum atomic E-state index is -0.292. The molecule has 1 aromatic heterocycles. The summed E-state index contributed by atoms with van der Waals surface area (Å²) >= 11 is 0. The average molecular weight is 369 g/mol. The molecule has 0 spiro atoms. The lowest BCUT2D eigenvalue weighted by atomic mass is 9.95. The van der Waals surface area contributed by atoms with E-state index in [1.165, 1.54) is 6.07 Å². The molecule has 3 rings (SSSR count). The largest absolute Gasteiger partial charge is 0.471 e. The monoisotopic (exact) mass is 369 g/mol. The first-order valence-electron chi connectivity index (χ1n) is 9.54. The molecule has 1 aliphatic rings. The molecule has 5 heteroatoms. The molecule has 27 heavy (non-hydrogen) atoms. The first-order valence-corrected chi connectivity index (χ1v) is 9.54. The van der Waals surface area contributed by atoms with E-state index in [0.29, 0.717) is 11.8 Å². The van der Waals surface area contributed by atoms with Crippen molar-refractivity contribution in [3.8, 4) is 5.88 Å². The van der Waals surface area contributed by atoms with Crippen LogP contribution in [0.1, 0.15) is 44.9 Å². The van der Waals surface area contributed by atoms with Crippen molar-refractivity contribution in [1.29, 1.82) is 0 Å². The van der Waals surface area contributed by atoms with E-state index in [4.69, 9.17) is 4.74 Å². The lowest BCUT2D eigenvalue weighted by molar-refractivity contribution is 0.117. The average Bonchev–Trinajstić information content (AvgIpc) is 2.62. The van der Waals surface area contributed by atoms with E-state index in [1.54, 1.807) is 24.5 Å². The van der Waals surface area contributed by atoms with Crippen LogP contribution >= 0.6 is 0 Å². The van der Waals surface area contributed by atoms with Gasteiger partial charge in [0.1, 0.15) is 17.1 Å². The molecule has 0 atom stereocenters. The van der Waals surface area contributed by atoms with Crippen LogP contribution in [0, 0.1) is 11.7 Å². The third kappa shape index (κ3) is 6.14. The van der Waals surface area contributed by atoms with Gasteiger partial charge in [0.25, 0.3) is 0 Å². The number of nitrogens with zero attached hydrogens (tertiary/aromatic N) is 3. The van der Waals surface area contributed by atoms with Gasteiger partial charge < -0.3 is 4.74 Å². The Morgan fingerprint density at radius 2 is 1.93 bits per heavy atom. The summed E-state index contributed by atoms with van der Waals surface area (Å²) in [5.74, 6) is 0.957. The maximum Gasteiger partial charge on any atom is 0.237 e. The van der Waals surface area contributed by atoms with Gasteiger partial charge >= 0.3 is 0 Å². The van der Waals surface area contributed by atoms with Gasteiger partial charge in [0.15, 0.2) is 0 Å². The fraction of sp³-hybridized carbons (Fsp3) is 0.455. The van der Waals surface area contributed by atoms with Crippen LogP contribution in [0.2, 0.25) is 0 Å². The van der Waals surface area contributed by atoms with E-state index in [0.717, 1.165) is 43.7 Å². The predicted octanol–water partition coefficient (Wildman–Crippen LogP) is 4.72. The molecule has 1 saturated heterocycles. The minimum Gasteiger partial charge on any atom is -0.471 e. The Labute approximate surface area is 161 Å². The van der Waals surface area contributed by atoms with Crippen LogP contribution in [0.25, 0.3) is 6.08 Å². The Morgan fingerprint density at radius 1 is 1.19 bits per heavy atom. The van der Waals surface area contributed by atoms with Crippen LogP contribution in [-0.4, -0.2) is 33.6 Å². The first-order chi connectivity index (χ1) is 12.9. The minimum absolute atomic E-state index is 0.191. The normalized spacial score (nSPS) is 16.7. The summed E-state index contributed by atoms with van der Waals surface area (Å²) in [6.07, 6.45) is 9.81. The van der Waals surface area contributed by atoms with E-state index in [1.807, 2.05) is 32.9 Å². The Morgan fingerprint density at radius 3 is 2.63 bits per heavy atom. The summed E-state index contributed by atoms with van der Waals surface area (Å²) in [5.41, 5.74) is 1.52. The Hall–Kier alpha value is -2.27. The number of halogens is 1. The molecule has 0 radical (unpaired) electrons. The Kier molecular flexibility index (Phi) is 6.22. The summed E-state index contributed by atoms with van der Waals surface area (Å²) in [7, 11) is 0. The summed E-state index contributed by atoms with van der Waals surface area (Å²) in [4.78, 5) is 11.2. The van der Waals surface area contributed by atoms with E-state index in [9.17, 15) is 4.39 Å². The zero-order chi connectivity index (χ0) is 19.3. The molecule has 144 valence electrons. The standard InChI is InChI=1S/C22H28FN3O/c1-22(2,3)27-21-20(24-11-12-25-21)16-26-13-9-17(10-14-26)7-8-18-5-4-6-19(23)15-18/h4-8,11-12,15,17H,9-10,13-14,16H2,1-3H3/b8-7+. The van der Waals surface area contributed by atoms with Gasteiger partial charge in [-0.2, -0.15) is 0 Å². The van der Waals surface area contributed by atoms with Gasteiger partial charge in [-0.15, -0.1) is 0 Å². The number of ether oxygens (including phenoxy) is 1. The van der Waals surface area contributed by atoms with Gasteiger partial charge in [0.2, 0.25) is 5.88 Å². The maximum atomic E-state index is 13.3. The second kappa shape index (κ2) is 8.61. The zero-order valence-electron chi connectivity index (χ0n) is 16.4. The van der Waals surface area contributed by atoms with Crippen LogP contribution in [0.4, 0.5) is 4.39 Å². The predicted molar refractivity (Wildman–Crippen MR) is 106 cm³/mol. The number of hydrogen-bond donors (Lipinski definition) is 0. The quantitative estimate of drug-likeness (QED) is 0.764. The summed E-state index contributed by atoms with van der Waals surface area (Å²) in [5, 5.41) is 0. The molecule has 4 nitrogen and oxygen atoms in total. The molecule has 0 amide bonds. The topological polar surface area (TPSA) is 38.3 Å². The lowest BCUT2D eigenvalue weighted by Crippen LogP contribution is -2.33. The van der Waals surface area contributed by atoms with Gasteiger partial charge in [-0.1, -0.05) is 24.3 Å². The molecule has 0 saturated carbocycles.